The molecule has 0 radical (unpaired) electrons. The molecule has 1 aromatic rings. The number of amides is 4. The molecule has 1 spiro atoms. The number of benzene rings is 1. The Hall–Kier alpha value is -2.72. The van der Waals surface area contributed by atoms with Crippen LogP contribution in [0, 0.1) is 5.41 Å². The molecule has 3 aliphatic rings. The van der Waals surface area contributed by atoms with E-state index in [-0.39, 0.29) is 13.0 Å². The first-order chi connectivity index (χ1) is 13.8. The fourth-order valence-electron chi connectivity index (χ4n) is 4.52. The third kappa shape index (κ3) is 2.77. The van der Waals surface area contributed by atoms with Crippen molar-refractivity contribution in [2.45, 2.75) is 12.5 Å². The molecule has 0 saturated carbocycles. The first-order valence-corrected chi connectivity index (χ1v) is 9.78. The highest BCUT2D eigenvalue weighted by molar-refractivity contribution is 7.80. The van der Waals surface area contributed by atoms with Gasteiger partial charge in [-0.15, -0.1) is 0 Å². The van der Waals surface area contributed by atoms with Crippen LogP contribution in [0.3, 0.4) is 0 Å². The maximum Gasteiger partial charge on any atom is 0.332 e. The van der Waals surface area contributed by atoms with Crippen molar-refractivity contribution in [1.29, 1.82) is 0 Å². The van der Waals surface area contributed by atoms with Gasteiger partial charge in [0, 0.05) is 39.1 Å². The topological polar surface area (TPSA) is 94.2 Å². The molecular weight excluding hydrogens is 394 g/mol. The average molecular weight is 417 g/mol. The zero-order valence-corrected chi connectivity index (χ0v) is 17.3. The molecule has 9 nitrogen and oxygen atoms in total. The SMILES string of the molecule is CNC(=S)Nc1ccc2c(c1)CC1(C(=O)N(C)C(=O)N(C)C1=O)[C@@H]1COCCN21. The van der Waals surface area contributed by atoms with Gasteiger partial charge in [-0.1, -0.05) is 0 Å². The fraction of sp³-hybridized carbons (Fsp3) is 0.474. The molecule has 3 aliphatic heterocycles. The van der Waals surface area contributed by atoms with Crippen molar-refractivity contribution < 1.29 is 19.1 Å². The molecule has 0 bridgehead atoms. The number of carbonyl (C=O) groups excluding carboxylic acids is 3. The Labute approximate surface area is 173 Å². The van der Waals surface area contributed by atoms with Crippen molar-refractivity contribution in [2.75, 3.05) is 51.1 Å². The summed E-state index contributed by atoms with van der Waals surface area (Å²) >= 11 is 5.18. The van der Waals surface area contributed by atoms with Crippen molar-refractivity contribution >= 4 is 46.6 Å². The Morgan fingerprint density at radius 2 is 1.90 bits per heavy atom. The van der Waals surface area contributed by atoms with Gasteiger partial charge in [-0.05, 0) is 42.4 Å². The van der Waals surface area contributed by atoms with Gasteiger partial charge in [0.15, 0.2) is 10.5 Å². The number of nitrogens with zero attached hydrogens (tertiary/aromatic N) is 3. The molecule has 154 valence electrons. The lowest BCUT2D eigenvalue weighted by Crippen LogP contribution is -2.73. The second-order valence-corrected chi connectivity index (χ2v) is 7.90. The molecule has 2 fully saturated rings. The summed E-state index contributed by atoms with van der Waals surface area (Å²) in [5, 5.41) is 6.41. The Bertz CT molecular complexity index is 896. The summed E-state index contributed by atoms with van der Waals surface area (Å²) in [6, 6.07) is 4.70. The van der Waals surface area contributed by atoms with Gasteiger partial charge in [0.1, 0.15) is 0 Å². The zero-order valence-electron chi connectivity index (χ0n) is 16.5. The molecule has 29 heavy (non-hydrogen) atoms. The van der Waals surface area contributed by atoms with Crippen LogP contribution in [0.1, 0.15) is 5.56 Å². The van der Waals surface area contributed by atoms with Crippen LogP contribution in [0.5, 0.6) is 0 Å². The number of nitrogens with one attached hydrogen (secondary N) is 2. The Morgan fingerprint density at radius 3 is 2.55 bits per heavy atom. The summed E-state index contributed by atoms with van der Waals surface area (Å²) in [5.74, 6) is -0.971. The van der Waals surface area contributed by atoms with Crippen LogP contribution >= 0.6 is 12.2 Å². The summed E-state index contributed by atoms with van der Waals surface area (Å²) in [4.78, 5) is 43.2. The lowest BCUT2D eigenvalue weighted by atomic mass is 9.68. The van der Waals surface area contributed by atoms with Crippen molar-refractivity contribution in [1.82, 2.24) is 15.1 Å². The molecular formula is C19H23N5O4S. The van der Waals surface area contributed by atoms with Crippen LogP contribution in [0.2, 0.25) is 0 Å². The highest BCUT2D eigenvalue weighted by Gasteiger charge is 2.63. The number of imide groups is 2. The van der Waals surface area contributed by atoms with Gasteiger partial charge in [-0.3, -0.25) is 19.4 Å². The molecule has 1 aromatic carbocycles. The maximum atomic E-state index is 13.4. The van der Waals surface area contributed by atoms with E-state index in [0.717, 1.165) is 26.7 Å². The van der Waals surface area contributed by atoms with E-state index in [0.29, 0.717) is 18.3 Å². The number of hydrogen-bond acceptors (Lipinski definition) is 6. The first kappa shape index (κ1) is 19.6. The number of fused-ring (bicyclic) bond motifs is 4. The van der Waals surface area contributed by atoms with Crippen LogP contribution in [-0.4, -0.2) is 79.7 Å². The van der Waals surface area contributed by atoms with E-state index in [9.17, 15) is 14.4 Å². The smallest absolute Gasteiger partial charge is 0.332 e. The molecule has 1 atom stereocenters. The third-order valence-electron chi connectivity index (χ3n) is 5.99. The van der Waals surface area contributed by atoms with E-state index >= 15 is 0 Å². The molecule has 3 heterocycles. The van der Waals surface area contributed by atoms with Crippen LogP contribution in [0.25, 0.3) is 0 Å². The van der Waals surface area contributed by atoms with Crippen LogP contribution in [-0.2, 0) is 20.7 Å². The Morgan fingerprint density at radius 1 is 1.21 bits per heavy atom. The number of ether oxygens (including phenoxy) is 1. The molecule has 0 unspecified atom stereocenters. The normalized spacial score (nSPS) is 23.1. The number of urea groups is 1. The Balaban J connectivity index is 1.84. The highest BCUT2D eigenvalue weighted by atomic mass is 32.1. The summed E-state index contributed by atoms with van der Waals surface area (Å²) < 4.78 is 5.66. The van der Waals surface area contributed by atoms with Gasteiger partial charge in [0.2, 0.25) is 11.8 Å². The number of anilines is 2. The van der Waals surface area contributed by atoms with Crippen molar-refractivity contribution in [3.63, 3.8) is 0 Å². The monoisotopic (exact) mass is 417 g/mol. The predicted molar refractivity (Wildman–Crippen MR) is 111 cm³/mol. The van der Waals surface area contributed by atoms with Crippen LogP contribution in [0.4, 0.5) is 16.2 Å². The molecule has 0 aromatic heterocycles. The predicted octanol–water partition coefficient (Wildman–Crippen LogP) is 0.401. The molecule has 4 amide bonds. The van der Waals surface area contributed by atoms with Gasteiger partial charge < -0.3 is 20.3 Å². The minimum Gasteiger partial charge on any atom is -0.377 e. The fourth-order valence-corrected chi connectivity index (χ4v) is 4.64. The number of thiocarbonyl (C=S) groups is 1. The highest BCUT2D eigenvalue weighted by Crippen LogP contribution is 2.47. The van der Waals surface area contributed by atoms with Crippen molar-refractivity contribution in [3.8, 4) is 0 Å². The number of carbonyl (C=O) groups is 3. The number of morpholine rings is 1. The van der Waals surface area contributed by atoms with Gasteiger partial charge in [0.25, 0.3) is 0 Å². The number of hydrogen-bond donors (Lipinski definition) is 2. The van der Waals surface area contributed by atoms with E-state index in [1.54, 1.807) is 7.05 Å². The first-order valence-electron chi connectivity index (χ1n) is 9.37. The zero-order chi connectivity index (χ0) is 20.9. The summed E-state index contributed by atoms with van der Waals surface area (Å²) in [6.07, 6.45) is 0.189. The third-order valence-corrected chi connectivity index (χ3v) is 6.29. The van der Waals surface area contributed by atoms with Gasteiger partial charge >= 0.3 is 6.03 Å². The standard InChI is InChI=1S/C19H23N5O4S/c1-20-17(29)21-12-4-5-13-11(8-12)9-19(14-10-28-7-6-24(13)14)15(25)22(2)18(27)23(3)16(19)26/h4-5,8,14H,6-7,9-10H2,1-3H3,(H2,20,21,29)/t14-/m0/s1. The minimum atomic E-state index is -1.41. The molecule has 0 aliphatic carbocycles. The largest absolute Gasteiger partial charge is 0.377 e. The van der Waals surface area contributed by atoms with Gasteiger partial charge in [-0.25, -0.2) is 4.79 Å². The Kier molecular flexibility index (Phi) is 4.70. The minimum absolute atomic E-state index is 0.189. The second kappa shape index (κ2) is 6.96. The maximum absolute atomic E-state index is 13.4. The molecule has 2 N–H and O–H groups in total. The van der Waals surface area contributed by atoms with E-state index in [4.69, 9.17) is 17.0 Å². The molecule has 10 heteroatoms. The summed E-state index contributed by atoms with van der Waals surface area (Å²) in [5.41, 5.74) is 1.17. The number of barbiturate groups is 1. The second-order valence-electron chi connectivity index (χ2n) is 7.49. The van der Waals surface area contributed by atoms with Crippen LogP contribution < -0.4 is 15.5 Å². The van der Waals surface area contributed by atoms with Gasteiger partial charge in [0.05, 0.1) is 19.3 Å². The van der Waals surface area contributed by atoms with E-state index in [2.05, 4.69) is 15.5 Å². The average Bonchev–Trinajstić information content (AvgIpc) is 2.74. The lowest BCUT2D eigenvalue weighted by molar-refractivity contribution is -0.161. The van der Waals surface area contributed by atoms with Gasteiger partial charge in [-0.2, -0.15) is 0 Å². The quantitative estimate of drug-likeness (QED) is 0.501. The van der Waals surface area contributed by atoms with E-state index in [1.807, 2.05) is 18.2 Å². The summed E-state index contributed by atoms with van der Waals surface area (Å²) in [6.45, 7) is 1.31. The van der Waals surface area contributed by atoms with Crippen molar-refractivity contribution in [2.24, 2.45) is 5.41 Å². The van der Waals surface area contributed by atoms with Crippen LogP contribution in [0.15, 0.2) is 18.2 Å². The lowest BCUT2D eigenvalue weighted by Gasteiger charge is -2.54. The number of rotatable bonds is 1. The van der Waals surface area contributed by atoms with E-state index < -0.39 is 29.3 Å². The van der Waals surface area contributed by atoms with E-state index in [1.165, 1.54) is 14.1 Å². The van der Waals surface area contributed by atoms with Crippen molar-refractivity contribution in [3.05, 3.63) is 23.8 Å². The molecule has 4 rings (SSSR count). The summed E-state index contributed by atoms with van der Waals surface area (Å²) in [7, 11) is 4.56. The molecule has 2 saturated heterocycles.